The van der Waals surface area contributed by atoms with Gasteiger partial charge in [-0.2, -0.15) is 0 Å². The molecule has 0 amide bonds. The Morgan fingerprint density at radius 3 is 2.69 bits per heavy atom. The number of phenolic OH excluding ortho intramolecular Hbond substituents is 1. The number of aromatic hydroxyl groups is 1. The summed E-state index contributed by atoms with van der Waals surface area (Å²) in [6.07, 6.45) is 0. The molecule has 0 unspecified atom stereocenters. The van der Waals surface area contributed by atoms with Gasteiger partial charge in [0, 0.05) is 12.6 Å². The number of ether oxygens (including phenoxy) is 1. The quantitative estimate of drug-likeness (QED) is 0.722. The van der Waals surface area contributed by atoms with Gasteiger partial charge in [-0.15, -0.1) is 0 Å². The van der Waals surface area contributed by atoms with Crippen LogP contribution in [-0.2, 0) is 4.74 Å². The molecule has 16 heavy (non-hydrogen) atoms. The Kier molecular flexibility index (Phi) is 3.02. The normalized spacial score (nSPS) is 21.1. The predicted molar refractivity (Wildman–Crippen MR) is 49.5 cm³/mol. The third-order valence-electron chi connectivity index (χ3n) is 2.45. The molecule has 1 heterocycles. The highest BCUT2D eigenvalue weighted by molar-refractivity contribution is 5.37. The molecule has 1 atom stereocenters. The van der Waals surface area contributed by atoms with Gasteiger partial charge in [0.15, 0.2) is 17.5 Å². The molecule has 3 nitrogen and oxygen atoms in total. The molecule has 0 aliphatic carbocycles. The van der Waals surface area contributed by atoms with Crippen LogP contribution in [0.2, 0.25) is 0 Å². The fourth-order valence-corrected chi connectivity index (χ4v) is 1.68. The third kappa shape index (κ3) is 1.85. The van der Waals surface area contributed by atoms with Gasteiger partial charge in [0.1, 0.15) is 5.75 Å². The highest BCUT2D eigenvalue weighted by atomic mass is 19.2. The van der Waals surface area contributed by atoms with E-state index >= 15 is 0 Å². The Balaban J connectivity index is 2.42. The van der Waals surface area contributed by atoms with E-state index < -0.39 is 29.2 Å². The molecule has 2 rings (SSSR count). The first-order valence-electron chi connectivity index (χ1n) is 4.78. The monoisotopic (exact) mass is 233 g/mol. The van der Waals surface area contributed by atoms with Gasteiger partial charge < -0.3 is 15.2 Å². The van der Waals surface area contributed by atoms with E-state index in [0.29, 0.717) is 19.2 Å². The highest BCUT2D eigenvalue weighted by Gasteiger charge is 2.26. The van der Waals surface area contributed by atoms with Crippen molar-refractivity contribution in [2.24, 2.45) is 0 Å². The van der Waals surface area contributed by atoms with Crippen molar-refractivity contribution in [2.75, 3.05) is 19.8 Å². The Morgan fingerprint density at radius 1 is 1.31 bits per heavy atom. The molecule has 1 aliphatic rings. The molecular weight excluding hydrogens is 223 g/mol. The van der Waals surface area contributed by atoms with E-state index in [1.807, 2.05) is 0 Å². The van der Waals surface area contributed by atoms with Crippen LogP contribution in [0.25, 0.3) is 0 Å². The molecule has 1 saturated heterocycles. The zero-order valence-corrected chi connectivity index (χ0v) is 8.27. The molecule has 2 N–H and O–H groups in total. The average molecular weight is 233 g/mol. The number of morpholine rings is 1. The summed E-state index contributed by atoms with van der Waals surface area (Å²) in [5, 5.41) is 12.3. The minimum atomic E-state index is -1.58. The van der Waals surface area contributed by atoms with Crippen LogP contribution in [0.3, 0.4) is 0 Å². The van der Waals surface area contributed by atoms with Gasteiger partial charge in [0.25, 0.3) is 0 Å². The van der Waals surface area contributed by atoms with E-state index in [-0.39, 0.29) is 12.2 Å². The minimum Gasteiger partial charge on any atom is -0.507 e. The summed E-state index contributed by atoms with van der Waals surface area (Å²) in [5.74, 6) is -4.98. The van der Waals surface area contributed by atoms with Crippen LogP contribution in [0.5, 0.6) is 5.75 Å². The second-order valence-corrected chi connectivity index (χ2v) is 3.50. The lowest BCUT2D eigenvalue weighted by atomic mass is 10.0. The molecule has 0 bridgehead atoms. The van der Waals surface area contributed by atoms with Crippen molar-refractivity contribution in [3.63, 3.8) is 0 Å². The maximum atomic E-state index is 13.4. The Hall–Kier alpha value is -1.27. The molecule has 1 fully saturated rings. The third-order valence-corrected chi connectivity index (χ3v) is 2.45. The summed E-state index contributed by atoms with van der Waals surface area (Å²) in [6, 6.07) is -0.104. The van der Waals surface area contributed by atoms with Crippen molar-refractivity contribution in [1.82, 2.24) is 5.32 Å². The van der Waals surface area contributed by atoms with Crippen molar-refractivity contribution in [3.05, 3.63) is 29.1 Å². The largest absolute Gasteiger partial charge is 0.507 e. The van der Waals surface area contributed by atoms with Crippen molar-refractivity contribution in [3.8, 4) is 5.75 Å². The summed E-state index contributed by atoms with van der Waals surface area (Å²) in [4.78, 5) is 0. The van der Waals surface area contributed by atoms with E-state index in [2.05, 4.69) is 5.32 Å². The highest BCUT2D eigenvalue weighted by Crippen LogP contribution is 2.31. The standard InChI is InChI=1S/C10H10F3NO2/c11-5-3-7(15)8(10(13)9(5)12)6-4-16-2-1-14-6/h3,6,14-15H,1-2,4H2/t6-/m1/s1. The predicted octanol–water partition coefficient (Wildman–Crippen LogP) is 1.47. The van der Waals surface area contributed by atoms with E-state index in [1.165, 1.54) is 0 Å². The van der Waals surface area contributed by atoms with Gasteiger partial charge in [-0.05, 0) is 0 Å². The summed E-state index contributed by atoms with van der Waals surface area (Å²) in [5.41, 5.74) is -0.293. The molecule has 1 aliphatic heterocycles. The molecule has 0 saturated carbocycles. The summed E-state index contributed by atoms with van der Waals surface area (Å²) >= 11 is 0. The summed E-state index contributed by atoms with van der Waals surface area (Å²) in [6.45, 7) is 1.03. The van der Waals surface area contributed by atoms with Crippen LogP contribution in [0, 0.1) is 17.5 Å². The SMILES string of the molecule is Oc1cc(F)c(F)c(F)c1[C@H]1COCCN1. The number of halogens is 3. The van der Waals surface area contributed by atoms with E-state index in [9.17, 15) is 18.3 Å². The van der Waals surface area contributed by atoms with Crippen LogP contribution in [0.15, 0.2) is 6.07 Å². The Bertz CT molecular complexity index is 406. The van der Waals surface area contributed by atoms with Crippen LogP contribution in [0.4, 0.5) is 13.2 Å². The van der Waals surface area contributed by atoms with Gasteiger partial charge in [-0.3, -0.25) is 0 Å². The summed E-state index contributed by atoms with van der Waals surface area (Å²) in [7, 11) is 0. The van der Waals surface area contributed by atoms with Gasteiger partial charge >= 0.3 is 0 Å². The van der Waals surface area contributed by atoms with E-state index in [0.717, 1.165) is 0 Å². The fourth-order valence-electron chi connectivity index (χ4n) is 1.68. The number of hydrogen-bond donors (Lipinski definition) is 2. The maximum absolute atomic E-state index is 13.4. The Labute approximate surface area is 89.8 Å². The lowest BCUT2D eigenvalue weighted by Crippen LogP contribution is -2.35. The van der Waals surface area contributed by atoms with Crippen LogP contribution in [-0.4, -0.2) is 24.9 Å². The van der Waals surface area contributed by atoms with Gasteiger partial charge in [-0.25, -0.2) is 13.2 Å². The first-order valence-corrected chi connectivity index (χ1v) is 4.78. The number of phenols is 1. The lowest BCUT2D eigenvalue weighted by Gasteiger charge is -2.25. The van der Waals surface area contributed by atoms with Crippen LogP contribution < -0.4 is 5.32 Å². The number of hydrogen-bond acceptors (Lipinski definition) is 3. The minimum absolute atomic E-state index is 0.107. The second-order valence-electron chi connectivity index (χ2n) is 3.50. The van der Waals surface area contributed by atoms with Gasteiger partial charge in [0.2, 0.25) is 0 Å². The summed E-state index contributed by atoms with van der Waals surface area (Å²) < 4.78 is 44.3. The van der Waals surface area contributed by atoms with Crippen molar-refractivity contribution < 1.29 is 23.0 Å². The van der Waals surface area contributed by atoms with Crippen molar-refractivity contribution in [1.29, 1.82) is 0 Å². The molecular formula is C10H10F3NO2. The molecule has 0 radical (unpaired) electrons. The topological polar surface area (TPSA) is 41.5 Å². The number of rotatable bonds is 1. The van der Waals surface area contributed by atoms with Crippen LogP contribution >= 0.6 is 0 Å². The van der Waals surface area contributed by atoms with E-state index in [4.69, 9.17) is 4.74 Å². The number of benzene rings is 1. The molecule has 0 spiro atoms. The van der Waals surface area contributed by atoms with Gasteiger partial charge in [-0.1, -0.05) is 0 Å². The van der Waals surface area contributed by atoms with Crippen LogP contribution in [0.1, 0.15) is 11.6 Å². The fraction of sp³-hybridized carbons (Fsp3) is 0.400. The van der Waals surface area contributed by atoms with E-state index in [1.54, 1.807) is 0 Å². The first kappa shape index (κ1) is 11.2. The zero-order valence-electron chi connectivity index (χ0n) is 8.27. The molecule has 6 heteroatoms. The number of nitrogens with one attached hydrogen (secondary N) is 1. The molecule has 1 aromatic rings. The zero-order chi connectivity index (χ0) is 11.7. The average Bonchev–Trinajstić information content (AvgIpc) is 2.28. The van der Waals surface area contributed by atoms with Gasteiger partial charge in [0.05, 0.1) is 24.8 Å². The lowest BCUT2D eigenvalue weighted by molar-refractivity contribution is 0.0745. The van der Waals surface area contributed by atoms with Crippen molar-refractivity contribution in [2.45, 2.75) is 6.04 Å². The Morgan fingerprint density at radius 2 is 2.06 bits per heavy atom. The smallest absolute Gasteiger partial charge is 0.195 e. The molecule has 1 aromatic carbocycles. The molecule has 0 aromatic heterocycles. The maximum Gasteiger partial charge on any atom is 0.195 e. The second kappa shape index (κ2) is 4.31. The van der Waals surface area contributed by atoms with Crippen molar-refractivity contribution >= 4 is 0 Å². The first-order chi connectivity index (χ1) is 7.61. The molecule has 88 valence electrons.